The Balaban J connectivity index is 1.95. The molecule has 0 bridgehead atoms. The van der Waals surface area contributed by atoms with E-state index in [2.05, 4.69) is 4.98 Å². The molecule has 0 unspecified atom stereocenters. The minimum Gasteiger partial charge on any atom is -0.399 e. The van der Waals surface area contributed by atoms with E-state index in [4.69, 9.17) is 11.5 Å². The zero-order valence-corrected chi connectivity index (χ0v) is 11.1. The third kappa shape index (κ3) is 2.39. The van der Waals surface area contributed by atoms with Crippen LogP contribution in [0.2, 0.25) is 0 Å². The number of anilines is 3. The predicted molar refractivity (Wildman–Crippen MR) is 76.7 cm³/mol. The van der Waals surface area contributed by atoms with Gasteiger partial charge < -0.3 is 11.5 Å². The van der Waals surface area contributed by atoms with Crippen LogP contribution in [0.3, 0.4) is 0 Å². The fourth-order valence-corrected chi connectivity index (χ4v) is 3.00. The van der Waals surface area contributed by atoms with Gasteiger partial charge in [-0.15, -0.1) is 11.3 Å². The Morgan fingerprint density at radius 1 is 1.32 bits per heavy atom. The molecule has 19 heavy (non-hydrogen) atoms. The Morgan fingerprint density at radius 2 is 2.00 bits per heavy atom. The number of nitrogens with two attached hydrogens (primary N) is 2. The summed E-state index contributed by atoms with van der Waals surface area (Å²) in [6.07, 6.45) is 4.26. The van der Waals surface area contributed by atoms with Gasteiger partial charge in [0.25, 0.3) is 0 Å². The molecule has 1 aliphatic rings. The Morgan fingerprint density at radius 3 is 2.58 bits per heavy atom. The predicted octanol–water partition coefficient (Wildman–Crippen LogP) is 2.82. The first-order valence-corrected chi connectivity index (χ1v) is 6.87. The lowest BCUT2D eigenvalue weighted by molar-refractivity contribution is 0.256. The number of amides is 2. The molecule has 1 aromatic heterocycles. The number of thiazole rings is 1. The van der Waals surface area contributed by atoms with Crippen LogP contribution in [-0.2, 0) is 0 Å². The molecule has 3 rings (SSSR count). The fraction of sp³-hybridized carbons (Fsp3) is 0.231. The number of nitrogens with zero attached hydrogens (tertiary/aromatic N) is 2. The third-order valence-electron chi connectivity index (χ3n) is 3.05. The molecule has 4 N–H and O–H groups in total. The molecule has 1 heterocycles. The topological polar surface area (TPSA) is 85.2 Å². The standard InChI is InChI=1S/C13H14N4OS/c14-9-3-5-10(6-4-9)17(12(15)18)13-16-7-11(19-13)8-1-2-8/h3-8H,1-2,14H2,(H2,15,18). The van der Waals surface area contributed by atoms with Crippen molar-refractivity contribution in [1.82, 2.24) is 4.98 Å². The van der Waals surface area contributed by atoms with E-state index in [-0.39, 0.29) is 0 Å². The Hall–Kier alpha value is -2.08. The van der Waals surface area contributed by atoms with Crippen LogP contribution in [0, 0.1) is 0 Å². The van der Waals surface area contributed by atoms with Crippen molar-refractivity contribution in [1.29, 1.82) is 0 Å². The largest absolute Gasteiger partial charge is 0.399 e. The van der Waals surface area contributed by atoms with Crippen molar-refractivity contribution in [2.45, 2.75) is 18.8 Å². The van der Waals surface area contributed by atoms with E-state index >= 15 is 0 Å². The van der Waals surface area contributed by atoms with Crippen molar-refractivity contribution in [2.75, 3.05) is 10.6 Å². The maximum Gasteiger partial charge on any atom is 0.325 e. The van der Waals surface area contributed by atoms with Gasteiger partial charge in [-0.3, -0.25) is 0 Å². The van der Waals surface area contributed by atoms with Crippen LogP contribution in [0.4, 0.5) is 21.3 Å². The second kappa shape index (κ2) is 4.55. The lowest BCUT2D eigenvalue weighted by Gasteiger charge is -2.17. The van der Waals surface area contributed by atoms with Gasteiger partial charge in [0, 0.05) is 16.8 Å². The number of rotatable bonds is 3. The van der Waals surface area contributed by atoms with Gasteiger partial charge in [0.15, 0.2) is 5.13 Å². The van der Waals surface area contributed by atoms with Crippen LogP contribution in [-0.4, -0.2) is 11.0 Å². The van der Waals surface area contributed by atoms with E-state index in [1.165, 1.54) is 34.0 Å². The van der Waals surface area contributed by atoms with E-state index in [0.717, 1.165) is 0 Å². The van der Waals surface area contributed by atoms with Crippen molar-refractivity contribution in [3.8, 4) is 0 Å². The first-order valence-electron chi connectivity index (χ1n) is 6.06. The highest BCUT2D eigenvalue weighted by molar-refractivity contribution is 7.16. The van der Waals surface area contributed by atoms with Gasteiger partial charge >= 0.3 is 6.03 Å². The van der Waals surface area contributed by atoms with E-state index in [1.807, 2.05) is 6.20 Å². The van der Waals surface area contributed by atoms with Crippen molar-refractivity contribution in [3.05, 3.63) is 35.3 Å². The summed E-state index contributed by atoms with van der Waals surface area (Å²) in [5.74, 6) is 0.618. The van der Waals surface area contributed by atoms with Gasteiger partial charge in [0.05, 0.1) is 5.69 Å². The molecule has 2 amide bonds. The summed E-state index contributed by atoms with van der Waals surface area (Å²) in [4.78, 5) is 18.6. The molecule has 0 saturated heterocycles. The molecule has 0 radical (unpaired) electrons. The van der Waals surface area contributed by atoms with Gasteiger partial charge in [-0.1, -0.05) is 0 Å². The number of carbonyl (C=O) groups is 1. The summed E-state index contributed by atoms with van der Waals surface area (Å²) < 4.78 is 0. The quantitative estimate of drug-likeness (QED) is 0.844. The number of nitrogen functional groups attached to an aromatic ring is 1. The molecule has 1 aliphatic carbocycles. The van der Waals surface area contributed by atoms with Crippen molar-refractivity contribution < 1.29 is 4.79 Å². The van der Waals surface area contributed by atoms with Crippen LogP contribution in [0.1, 0.15) is 23.6 Å². The molecular weight excluding hydrogens is 260 g/mol. The van der Waals surface area contributed by atoms with Gasteiger partial charge in [0.2, 0.25) is 0 Å². The van der Waals surface area contributed by atoms with Crippen LogP contribution in [0.15, 0.2) is 30.5 Å². The third-order valence-corrected chi connectivity index (χ3v) is 4.20. The second-order valence-electron chi connectivity index (χ2n) is 4.58. The molecular formula is C13H14N4OS. The number of carbonyl (C=O) groups excluding carboxylic acids is 1. The fourth-order valence-electron chi connectivity index (χ4n) is 1.89. The summed E-state index contributed by atoms with van der Waals surface area (Å²) >= 11 is 1.52. The molecule has 98 valence electrons. The lowest BCUT2D eigenvalue weighted by atomic mass is 10.3. The van der Waals surface area contributed by atoms with Gasteiger partial charge in [-0.25, -0.2) is 14.7 Å². The van der Waals surface area contributed by atoms with Crippen LogP contribution in [0.25, 0.3) is 0 Å². The highest BCUT2D eigenvalue weighted by Gasteiger charge is 2.27. The molecule has 5 nitrogen and oxygen atoms in total. The van der Waals surface area contributed by atoms with Crippen LogP contribution in [0.5, 0.6) is 0 Å². The molecule has 0 aliphatic heterocycles. The van der Waals surface area contributed by atoms with E-state index in [9.17, 15) is 4.79 Å². The van der Waals surface area contributed by atoms with Gasteiger partial charge in [-0.05, 0) is 43.0 Å². The number of urea groups is 1. The average Bonchev–Trinajstić information content (AvgIpc) is 3.12. The molecule has 1 aromatic carbocycles. The first kappa shape index (κ1) is 12.0. The average molecular weight is 274 g/mol. The molecule has 6 heteroatoms. The van der Waals surface area contributed by atoms with E-state index < -0.39 is 6.03 Å². The zero-order chi connectivity index (χ0) is 13.4. The van der Waals surface area contributed by atoms with E-state index in [1.54, 1.807) is 24.3 Å². The maximum absolute atomic E-state index is 11.7. The normalized spacial score (nSPS) is 14.3. The minimum atomic E-state index is -0.540. The summed E-state index contributed by atoms with van der Waals surface area (Å²) in [6.45, 7) is 0. The summed E-state index contributed by atoms with van der Waals surface area (Å²) in [7, 11) is 0. The summed E-state index contributed by atoms with van der Waals surface area (Å²) in [6, 6.07) is 6.46. The Labute approximate surface area is 114 Å². The first-order chi connectivity index (χ1) is 9.15. The highest BCUT2D eigenvalue weighted by Crippen LogP contribution is 2.44. The minimum absolute atomic E-state index is 0.540. The highest BCUT2D eigenvalue weighted by atomic mass is 32.1. The Kier molecular flexibility index (Phi) is 2.87. The smallest absolute Gasteiger partial charge is 0.325 e. The van der Waals surface area contributed by atoms with Gasteiger partial charge in [0.1, 0.15) is 0 Å². The number of benzene rings is 1. The van der Waals surface area contributed by atoms with Gasteiger partial charge in [-0.2, -0.15) is 0 Å². The summed E-state index contributed by atoms with van der Waals surface area (Å²) in [5, 5.41) is 0.610. The van der Waals surface area contributed by atoms with Crippen molar-refractivity contribution in [2.24, 2.45) is 5.73 Å². The lowest BCUT2D eigenvalue weighted by Crippen LogP contribution is -2.31. The van der Waals surface area contributed by atoms with Crippen molar-refractivity contribution >= 4 is 33.9 Å². The number of hydrogen-bond donors (Lipinski definition) is 2. The molecule has 1 fully saturated rings. The number of hydrogen-bond acceptors (Lipinski definition) is 4. The molecule has 2 aromatic rings. The molecule has 0 atom stereocenters. The van der Waals surface area contributed by atoms with E-state index in [0.29, 0.717) is 22.4 Å². The maximum atomic E-state index is 11.7. The zero-order valence-electron chi connectivity index (χ0n) is 10.2. The monoisotopic (exact) mass is 274 g/mol. The number of primary amides is 1. The van der Waals surface area contributed by atoms with Crippen LogP contribution >= 0.6 is 11.3 Å². The molecule has 1 saturated carbocycles. The number of aromatic nitrogens is 1. The Bertz CT molecular complexity index is 603. The van der Waals surface area contributed by atoms with Crippen LogP contribution < -0.4 is 16.4 Å². The SMILES string of the molecule is NC(=O)N(c1ccc(N)cc1)c1ncc(C2CC2)s1. The molecule has 0 spiro atoms. The summed E-state index contributed by atoms with van der Waals surface area (Å²) in [5.41, 5.74) is 12.4. The van der Waals surface area contributed by atoms with Crippen molar-refractivity contribution in [3.63, 3.8) is 0 Å². The second-order valence-corrected chi connectivity index (χ2v) is 5.63.